The second-order valence-corrected chi connectivity index (χ2v) is 13.0. The molecule has 2 amide bonds. The number of hydrogen-bond acceptors (Lipinski definition) is 4. The van der Waals surface area contributed by atoms with Gasteiger partial charge in [0.1, 0.15) is 18.4 Å². The maximum absolute atomic E-state index is 14.2. The lowest BCUT2D eigenvalue weighted by Gasteiger charge is -2.34. The smallest absolute Gasteiger partial charge is 0.264 e. The molecule has 42 heavy (non-hydrogen) atoms. The first-order valence-corrected chi connectivity index (χ1v) is 16.1. The van der Waals surface area contributed by atoms with Gasteiger partial charge < -0.3 is 10.2 Å². The van der Waals surface area contributed by atoms with E-state index in [1.165, 1.54) is 41.3 Å². The molecule has 1 atom stereocenters. The number of aryl methyl sites for hydroxylation is 1. The molecular weight excluding hydrogens is 577 g/mol. The van der Waals surface area contributed by atoms with Crippen molar-refractivity contribution in [3.63, 3.8) is 0 Å². The van der Waals surface area contributed by atoms with Crippen LogP contribution in [0, 0.1) is 12.7 Å². The standard InChI is InChI=1S/C32H37ClFN3O4S/c1-3-29(32(39)35-27-10-5-4-6-11-27)36(21-24-13-17-26(34)18-14-24)31(38)22-37(30-12-8-7-9-23(30)2)42(40,41)28-19-15-25(33)16-20-28/h7-9,12-20,27,29H,3-6,10-11,21-22H2,1-2H3,(H,35,39). The molecule has 1 N–H and O–H groups in total. The Hall–Kier alpha value is -3.43. The number of benzene rings is 3. The van der Waals surface area contributed by atoms with Crippen LogP contribution in [0.2, 0.25) is 5.02 Å². The molecule has 0 heterocycles. The topological polar surface area (TPSA) is 86.8 Å². The first-order chi connectivity index (χ1) is 20.1. The van der Waals surface area contributed by atoms with E-state index >= 15 is 0 Å². The molecule has 3 aromatic rings. The first-order valence-electron chi connectivity index (χ1n) is 14.3. The highest BCUT2D eigenvalue weighted by Gasteiger charge is 2.34. The summed E-state index contributed by atoms with van der Waals surface area (Å²) in [6.45, 7) is 3.06. The number of carbonyl (C=O) groups is 2. The van der Waals surface area contributed by atoms with Crippen LogP contribution < -0.4 is 9.62 Å². The van der Waals surface area contributed by atoms with Gasteiger partial charge in [0.2, 0.25) is 11.8 Å². The van der Waals surface area contributed by atoms with Gasteiger partial charge in [0.25, 0.3) is 10.0 Å². The largest absolute Gasteiger partial charge is 0.352 e. The number of hydrogen-bond donors (Lipinski definition) is 1. The van der Waals surface area contributed by atoms with Crippen LogP contribution in [0.3, 0.4) is 0 Å². The van der Waals surface area contributed by atoms with E-state index in [0.29, 0.717) is 28.3 Å². The molecule has 10 heteroatoms. The average Bonchev–Trinajstić information content (AvgIpc) is 2.98. The van der Waals surface area contributed by atoms with Gasteiger partial charge in [0.05, 0.1) is 10.6 Å². The van der Waals surface area contributed by atoms with Gasteiger partial charge in [-0.25, -0.2) is 12.8 Å². The fourth-order valence-corrected chi connectivity index (χ4v) is 6.95. The Kier molecular flexibility index (Phi) is 10.6. The van der Waals surface area contributed by atoms with Gasteiger partial charge in [-0.1, -0.05) is 68.1 Å². The molecule has 1 fully saturated rings. The van der Waals surface area contributed by atoms with E-state index in [9.17, 15) is 22.4 Å². The Morgan fingerprint density at radius 3 is 2.24 bits per heavy atom. The third-order valence-corrected chi connectivity index (χ3v) is 9.69. The van der Waals surface area contributed by atoms with Gasteiger partial charge in [0.15, 0.2) is 0 Å². The van der Waals surface area contributed by atoms with Gasteiger partial charge in [0, 0.05) is 17.6 Å². The van der Waals surface area contributed by atoms with Crippen LogP contribution in [0.25, 0.3) is 0 Å². The second-order valence-electron chi connectivity index (χ2n) is 10.7. The minimum atomic E-state index is -4.20. The minimum absolute atomic E-state index is 0.0122. The number of nitrogens with one attached hydrogen (secondary N) is 1. The molecule has 0 aromatic heterocycles. The van der Waals surface area contributed by atoms with Crippen molar-refractivity contribution in [2.45, 2.75) is 75.9 Å². The second kappa shape index (κ2) is 14.2. The van der Waals surface area contributed by atoms with Crippen molar-refractivity contribution in [1.82, 2.24) is 10.2 Å². The summed E-state index contributed by atoms with van der Waals surface area (Å²) in [5.74, 6) is -1.24. The Labute approximate surface area is 252 Å². The zero-order chi connectivity index (χ0) is 30.3. The number of carbonyl (C=O) groups excluding carboxylic acids is 2. The Bertz CT molecular complexity index is 1480. The summed E-state index contributed by atoms with van der Waals surface area (Å²) in [5, 5.41) is 3.50. The van der Waals surface area contributed by atoms with Crippen molar-refractivity contribution in [2.24, 2.45) is 0 Å². The van der Waals surface area contributed by atoms with E-state index in [0.717, 1.165) is 36.4 Å². The highest BCUT2D eigenvalue weighted by Crippen LogP contribution is 2.28. The zero-order valence-electron chi connectivity index (χ0n) is 23.9. The normalized spacial score (nSPS) is 14.7. The molecule has 0 aliphatic heterocycles. The predicted octanol–water partition coefficient (Wildman–Crippen LogP) is 6.24. The summed E-state index contributed by atoms with van der Waals surface area (Å²) in [6.07, 6.45) is 5.29. The fraction of sp³-hybridized carbons (Fsp3) is 0.375. The van der Waals surface area contributed by atoms with Crippen LogP contribution in [0.4, 0.5) is 10.1 Å². The lowest BCUT2D eigenvalue weighted by atomic mass is 9.95. The maximum Gasteiger partial charge on any atom is 0.264 e. The molecule has 1 saturated carbocycles. The van der Waals surface area contributed by atoms with Gasteiger partial charge in [-0.2, -0.15) is 0 Å². The number of rotatable bonds is 11. The number of amides is 2. The van der Waals surface area contributed by atoms with Crippen LogP contribution >= 0.6 is 11.6 Å². The summed E-state index contributed by atoms with van der Waals surface area (Å²) in [4.78, 5) is 29.2. The molecule has 3 aromatic carbocycles. The lowest BCUT2D eigenvalue weighted by molar-refractivity contribution is -0.140. The van der Waals surface area contributed by atoms with Gasteiger partial charge in [-0.15, -0.1) is 0 Å². The van der Waals surface area contributed by atoms with Crippen molar-refractivity contribution in [3.8, 4) is 0 Å². The number of sulfonamides is 1. The third kappa shape index (κ3) is 7.69. The molecule has 1 aliphatic rings. The van der Waals surface area contributed by atoms with Crippen molar-refractivity contribution in [2.75, 3.05) is 10.8 Å². The molecule has 7 nitrogen and oxygen atoms in total. The lowest BCUT2D eigenvalue weighted by Crippen LogP contribution is -2.54. The molecule has 1 unspecified atom stereocenters. The van der Waals surface area contributed by atoms with Crippen molar-refractivity contribution >= 4 is 39.1 Å². The Balaban J connectivity index is 1.71. The fourth-order valence-electron chi connectivity index (χ4n) is 5.34. The molecule has 1 aliphatic carbocycles. The quantitative estimate of drug-likeness (QED) is 0.277. The van der Waals surface area contributed by atoms with Crippen LogP contribution in [-0.4, -0.2) is 43.8 Å². The van der Waals surface area contributed by atoms with Gasteiger partial charge in [-0.05, 0) is 79.8 Å². The van der Waals surface area contributed by atoms with Crippen LogP contribution in [0.5, 0.6) is 0 Å². The predicted molar refractivity (Wildman–Crippen MR) is 163 cm³/mol. The first kappa shape index (κ1) is 31.5. The van der Waals surface area contributed by atoms with Crippen molar-refractivity contribution < 1.29 is 22.4 Å². The van der Waals surface area contributed by atoms with E-state index in [-0.39, 0.29) is 23.4 Å². The zero-order valence-corrected chi connectivity index (χ0v) is 25.5. The van der Waals surface area contributed by atoms with E-state index < -0.39 is 34.3 Å². The molecule has 0 spiro atoms. The molecule has 0 bridgehead atoms. The molecule has 4 rings (SSSR count). The van der Waals surface area contributed by atoms with E-state index in [1.807, 2.05) is 6.92 Å². The number of para-hydroxylation sites is 1. The molecule has 0 radical (unpaired) electrons. The van der Waals surface area contributed by atoms with Crippen LogP contribution in [-0.2, 0) is 26.2 Å². The molecule has 0 saturated heterocycles. The monoisotopic (exact) mass is 613 g/mol. The molecular formula is C32H37ClFN3O4S. The van der Waals surface area contributed by atoms with Crippen LogP contribution in [0.15, 0.2) is 77.7 Å². The summed E-state index contributed by atoms with van der Waals surface area (Å²) < 4.78 is 42.7. The van der Waals surface area contributed by atoms with E-state index in [2.05, 4.69) is 5.32 Å². The average molecular weight is 614 g/mol. The minimum Gasteiger partial charge on any atom is -0.352 e. The van der Waals surface area contributed by atoms with Gasteiger partial charge in [-0.3, -0.25) is 13.9 Å². The number of halogens is 2. The Morgan fingerprint density at radius 2 is 1.62 bits per heavy atom. The highest BCUT2D eigenvalue weighted by atomic mass is 35.5. The SMILES string of the molecule is CCC(C(=O)NC1CCCCC1)N(Cc1ccc(F)cc1)C(=O)CN(c1ccccc1C)S(=O)(=O)c1ccc(Cl)cc1. The van der Waals surface area contributed by atoms with E-state index in [4.69, 9.17) is 11.6 Å². The summed E-state index contributed by atoms with van der Waals surface area (Å²) in [7, 11) is -4.20. The highest BCUT2D eigenvalue weighted by molar-refractivity contribution is 7.92. The summed E-state index contributed by atoms with van der Waals surface area (Å²) in [5.41, 5.74) is 1.63. The van der Waals surface area contributed by atoms with E-state index in [1.54, 1.807) is 43.3 Å². The number of nitrogens with zero attached hydrogens (tertiary/aromatic N) is 2. The summed E-state index contributed by atoms with van der Waals surface area (Å²) in [6, 6.07) is 17.6. The van der Waals surface area contributed by atoms with Crippen molar-refractivity contribution in [1.29, 1.82) is 0 Å². The Morgan fingerprint density at radius 1 is 0.976 bits per heavy atom. The van der Waals surface area contributed by atoms with Crippen molar-refractivity contribution in [3.05, 3.63) is 94.8 Å². The number of anilines is 1. The third-order valence-electron chi connectivity index (χ3n) is 7.67. The van der Waals surface area contributed by atoms with Crippen LogP contribution in [0.1, 0.15) is 56.6 Å². The van der Waals surface area contributed by atoms with Gasteiger partial charge >= 0.3 is 0 Å². The maximum atomic E-state index is 14.2. The summed E-state index contributed by atoms with van der Waals surface area (Å²) >= 11 is 6.02. The molecule has 224 valence electrons.